The van der Waals surface area contributed by atoms with Crippen molar-refractivity contribution in [1.82, 2.24) is 14.6 Å². The molecule has 0 aliphatic heterocycles. The number of nitrogens with two attached hydrogens (primary N) is 1. The monoisotopic (exact) mass is 253 g/mol. The van der Waals surface area contributed by atoms with Crippen LogP contribution < -0.4 is 10.6 Å². The number of pyridine rings is 1. The fourth-order valence-electron chi connectivity index (χ4n) is 2.03. The Kier molecular flexibility index (Phi) is 2.59. The molecule has 0 spiro atoms. The molecule has 3 rings (SSSR count). The quantitative estimate of drug-likeness (QED) is 0.759. The highest BCUT2D eigenvalue weighted by Crippen LogP contribution is 2.23. The molecule has 5 heteroatoms. The SMILES string of the molecule is CN(C)c1cccc(-c2nnc3ccc(N)cn23)c1. The lowest BCUT2D eigenvalue weighted by molar-refractivity contribution is 1.10. The van der Waals surface area contributed by atoms with Crippen molar-refractivity contribution in [3.8, 4) is 11.4 Å². The molecule has 0 radical (unpaired) electrons. The molecule has 2 N–H and O–H groups in total. The van der Waals surface area contributed by atoms with Crippen molar-refractivity contribution >= 4 is 17.0 Å². The van der Waals surface area contributed by atoms with Crippen molar-refractivity contribution in [3.63, 3.8) is 0 Å². The van der Waals surface area contributed by atoms with Crippen molar-refractivity contribution in [2.75, 3.05) is 24.7 Å². The molecule has 0 unspecified atom stereocenters. The van der Waals surface area contributed by atoms with Gasteiger partial charge in [0.15, 0.2) is 11.5 Å². The van der Waals surface area contributed by atoms with E-state index in [9.17, 15) is 0 Å². The Morgan fingerprint density at radius 1 is 1.11 bits per heavy atom. The predicted octanol–water partition coefficient (Wildman–Crippen LogP) is 2.04. The first-order valence-electron chi connectivity index (χ1n) is 6.03. The number of hydrogen-bond acceptors (Lipinski definition) is 4. The maximum atomic E-state index is 5.82. The van der Waals surface area contributed by atoms with E-state index in [2.05, 4.69) is 27.2 Å². The zero-order chi connectivity index (χ0) is 13.4. The summed E-state index contributed by atoms with van der Waals surface area (Å²) in [6, 6.07) is 11.9. The van der Waals surface area contributed by atoms with Crippen LogP contribution in [0.1, 0.15) is 0 Å². The van der Waals surface area contributed by atoms with Gasteiger partial charge in [0.2, 0.25) is 0 Å². The van der Waals surface area contributed by atoms with Crippen LogP contribution in [0.4, 0.5) is 11.4 Å². The van der Waals surface area contributed by atoms with Crippen molar-refractivity contribution in [2.24, 2.45) is 0 Å². The topological polar surface area (TPSA) is 59.5 Å². The minimum Gasteiger partial charge on any atom is -0.398 e. The molecule has 0 aliphatic carbocycles. The molecule has 19 heavy (non-hydrogen) atoms. The lowest BCUT2D eigenvalue weighted by atomic mass is 10.2. The second kappa shape index (κ2) is 4.28. The van der Waals surface area contributed by atoms with Crippen LogP contribution >= 0.6 is 0 Å². The fraction of sp³-hybridized carbons (Fsp3) is 0.143. The van der Waals surface area contributed by atoms with Gasteiger partial charge in [0.1, 0.15) is 0 Å². The van der Waals surface area contributed by atoms with Gasteiger partial charge in [-0.05, 0) is 24.3 Å². The van der Waals surface area contributed by atoms with Crippen LogP contribution in [0.25, 0.3) is 17.0 Å². The molecule has 0 aliphatic rings. The van der Waals surface area contributed by atoms with Crippen LogP contribution in [0, 0.1) is 0 Å². The van der Waals surface area contributed by atoms with E-state index in [0.717, 1.165) is 22.7 Å². The summed E-state index contributed by atoms with van der Waals surface area (Å²) in [6.45, 7) is 0. The highest BCUT2D eigenvalue weighted by Gasteiger charge is 2.09. The largest absolute Gasteiger partial charge is 0.398 e. The van der Waals surface area contributed by atoms with Gasteiger partial charge in [0, 0.05) is 37.2 Å². The van der Waals surface area contributed by atoms with Gasteiger partial charge in [-0.3, -0.25) is 4.40 Å². The minimum atomic E-state index is 0.692. The maximum Gasteiger partial charge on any atom is 0.168 e. The average Bonchev–Trinajstić information content (AvgIpc) is 2.81. The van der Waals surface area contributed by atoms with Gasteiger partial charge >= 0.3 is 0 Å². The first kappa shape index (κ1) is 11.5. The number of fused-ring (bicyclic) bond motifs is 1. The van der Waals surface area contributed by atoms with Gasteiger partial charge in [0.05, 0.1) is 0 Å². The zero-order valence-electron chi connectivity index (χ0n) is 10.9. The standard InChI is InChI=1S/C14H15N5/c1-18(2)12-5-3-4-10(8-12)14-17-16-13-7-6-11(15)9-19(13)14/h3-9H,15H2,1-2H3. The Balaban J connectivity index is 2.18. The van der Waals surface area contributed by atoms with Gasteiger partial charge in [-0.2, -0.15) is 0 Å². The molecule has 0 atom stereocenters. The van der Waals surface area contributed by atoms with Crippen molar-refractivity contribution < 1.29 is 0 Å². The van der Waals surface area contributed by atoms with Gasteiger partial charge in [-0.25, -0.2) is 0 Å². The molecule has 1 aromatic carbocycles. The summed E-state index contributed by atoms with van der Waals surface area (Å²) < 4.78 is 1.91. The number of anilines is 2. The minimum absolute atomic E-state index is 0.692. The third kappa shape index (κ3) is 1.99. The summed E-state index contributed by atoms with van der Waals surface area (Å²) in [6.07, 6.45) is 1.84. The molecular weight excluding hydrogens is 238 g/mol. The molecule has 0 fully saturated rings. The van der Waals surface area contributed by atoms with Crippen molar-refractivity contribution in [3.05, 3.63) is 42.6 Å². The Labute approximate surface area is 111 Å². The van der Waals surface area contributed by atoms with Crippen molar-refractivity contribution in [1.29, 1.82) is 0 Å². The summed E-state index contributed by atoms with van der Waals surface area (Å²) in [5.74, 6) is 0.797. The number of nitrogens with zero attached hydrogens (tertiary/aromatic N) is 4. The van der Waals surface area contributed by atoms with E-state index in [1.165, 1.54) is 0 Å². The van der Waals surface area contributed by atoms with E-state index >= 15 is 0 Å². The summed E-state index contributed by atoms with van der Waals surface area (Å²) in [4.78, 5) is 2.06. The van der Waals surface area contributed by atoms with Crippen LogP contribution in [0.15, 0.2) is 42.6 Å². The Morgan fingerprint density at radius 2 is 1.95 bits per heavy atom. The van der Waals surface area contributed by atoms with E-state index in [1.54, 1.807) is 0 Å². The Hall–Kier alpha value is -2.56. The molecule has 3 aromatic rings. The molecular formula is C14H15N5. The van der Waals surface area contributed by atoms with Gasteiger partial charge in [-0.1, -0.05) is 12.1 Å². The van der Waals surface area contributed by atoms with E-state index in [0.29, 0.717) is 5.69 Å². The van der Waals surface area contributed by atoms with E-state index in [-0.39, 0.29) is 0 Å². The molecule has 5 nitrogen and oxygen atoms in total. The van der Waals surface area contributed by atoms with Crippen LogP contribution in [0.5, 0.6) is 0 Å². The molecule has 0 amide bonds. The third-order valence-corrected chi connectivity index (χ3v) is 3.05. The van der Waals surface area contributed by atoms with Crippen molar-refractivity contribution in [2.45, 2.75) is 0 Å². The highest BCUT2D eigenvalue weighted by atomic mass is 15.2. The van der Waals surface area contributed by atoms with Crippen LogP contribution in [0.3, 0.4) is 0 Å². The van der Waals surface area contributed by atoms with Crippen LogP contribution in [-0.4, -0.2) is 28.7 Å². The summed E-state index contributed by atoms with van der Waals surface area (Å²) in [5, 5.41) is 8.40. The third-order valence-electron chi connectivity index (χ3n) is 3.05. The Bertz CT molecular complexity index is 730. The van der Waals surface area contributed by atoms with Gasteiger partial charge in [0.25, 0.3) is 0 Å². The summed E-state index contributed by atoms with van der Waals surface area (Å²) in [5.41, 5.74) is 9.45. The van der Waals surface area contributed by atoms with Crippen LogP contribution in [0.2, 0.25) is 0 Å². The second-order valence-corrected chi connectivity index (χ2v) is 4.66. The predicted molar refractivity (Wildman–Crippen MR) is 77.2 cm³/mol. The molecule has 2 heterocycles. The average molecular weight is 253 g/mol. The van der Waals surface area contributed by atoms with E-state index in [4.69, 9.17) is 5.73 Å². The van der Waals surface area contributed by atoms with Gasteiger partial charge in [-0.15, -0.1) is 10.2 Å². The fourth-order valence-corrected chi connectivity index (χ4v) is 2.03. The van der Waals surface area contributed by atoms with Crippen LogP contribution in [-0.2, 0) is 0 Å². The van der Waals surface area contributed by atoms with Gasteiger partial charge < -0.3 is 10.6 Å². The molecule has 0 saturated carbocycles. The summed E-state index contributed by atoms with van der Waals surface area (Å²) in [7, 11) is 4.03. The lowest BCUT2D eigenvalue weighted by Crippen LogP contribution is -2.08. The zero-order valence-corrected chi connectivity index (χ0v) is 10.9. The normalized spacial score (nSPS) is 10.8. The molecule has 96 valence electrons. The number of benzene rings is 1. The number of aromatic nitrogens is 3. The first-order chi connectivity index (χ1) is 9.15. The first-order valence-corrected chi connectivity index (χ1v) is 6.03. The lowest BCUT2D eigenvalue weighted by Gasteiger charge is -2.13. The number of hydrogen-bond donors (Lipinski definition) is 1. The maximum absolute atomic E-state index is 5.82. The number of rotatable bonds is 2. The Morgan fingerprint density at radius 3 is 2.74 bits per heavy atom. The second-order valence-electron chi connectivity index (χ2n) is 4.66. The molecule has 2 aromatic heterocycles. The number of nitrogen functional groups attached to an aromatic ring is 1. The van der Waals surface area contributed by atoms with E-state index < -0.39 is 0 Å². The molecule has 0 saturated heterocycles. The smallest absolute Gasteiger partial charge is 0.168 e. The molecule has 0 bridgehead atoms. The highest BCUT2D eigenvalue weighted by molar-refractivity contribution is 5.66. The summed E-state index contributed by atoms with van der Waals surface area (Å²) >= 11 is 0. The van der Waals surface area contributed by atoms with E-state index in [1.807, 2.05) is 49.0 Å².